The lowest BCUT2D eigenvalue weighted by atomic mass is 9.93. The minimum atomic E-state index is -4.19. The molecule has 0 fully saturated rings. The first-order valence-electron chi connectivity index (χ1n) is 11.8. The number of amides is 2. The second-order valence-electron chi connectivity index (χ2n) is 8.88. The van der Waals surface area contributed by atoms with Crippen LogP contribution < -0.4 is 10.0 Å². The number of hydrogen-bond acceptors (Lipinski definition) is 5. The van der Waals surface area contributed by atoms with E-state index in [0.29, 0.717) is 16.8 Å². The van der Waals surface area contributed by atoms with E-state index in [9.17, 15) is 22.0 Å². The standard InChI is InChI=1S/C28H26F2N4O3S/c1-17-7-4-5-9-26(17)38(36,37)34-28(35)33-25(15-20-13-21(29)16-22(30)14-20)27-24(8-6-11-32-27)23-10-12-31-19(3)18(23)2/h4-14,16,25H,15H2,1-3H3,(H2,33,34,35)/t25-/m0/s1. The number of aryl methyl sites for hydroxylation is 2. The summed E-state index contributed by atoms with van der Waals surface area (Å²) in [6, 6.07) is 12.7. The highest BCUT2D eigenvalue weighted by Crippen LogP contribution is 2.31. The Morgan fingerprint density at radius 1 is 0.895 bits per heavy atom. The third kappa shape index (κ3) is 6.03. The molecule has 196 valence electrons. The van der Waals surface area contributed by atoms with E-state index in [4.69, 9.17) is 0 Å². The molecule has 0 saturated carbocycles. The molecule has 4 aromatic rings. The molecule has 0 aliphatic rings. The highest BCUT2D eigenvalue weighted by Gasteiger charge is 2.25. The second kappa shape index (κ2) is 11.1. The van der Waals surface area contributed by atoms with Crippen molar-refractivity contribution in [3.8, 4) is 11.1 Å². The smallest absolute Gasteiger partial charge is 0.329 e. The van der Waals surface area contributed by atoms with Gasteiger partial charge in [-0.2, -0.15) is 0 Å². The maximum absolute atomic E-state index is 14.0. The molecule has 1 atom stereocenters. The van der Waals surface area contributed by atoms with Crippen LogP contribution in [0.2, 0.25) is 0 Å². The molecule has 2 aromatic heterocycles. The molecule has 2 amide bonds. The van der Waals surface area contributed by atoms with Crippen molar-refractivity contribution in [2.24, 2.45) is 0 Å². The summed E-state index contributed by atoms with van der Waals surface area (Å²) in [6.07, 6.45) is 3.13. The summed E-state index contributed by atoms with van der Waals surface area (Å²) in [5, 5.41) is 2.66. The summed E-state index contributed by atoms with van der Waals surface area (Å²) in [4.78, 5) is 21.8. The number of aromatic nitrogens is 2. The number of halogens is 2. The van der Waals surface area contributed by atoms with Gasteiger partial charge in [-0.3, -0.25) is 9.97 Å². The Morgan fingerprint density at radius 3 is 2.32 bits per heavy atom. The molecule has 0 aliphatic carbocycles. The lowest BCUT2D eigenvalue weighted by Crippen LogP contribution is -2.42. The van der Waals surface area contributed by atoms with Gasteiger partial charge in [0.1, 0.15) is 11.6 Å². The molecule has 0 radical (unpaired) electrons. The van der Waals surface area contributed by atoms with Crippen LogP contribution in [0.25, 0.3) is 11.1 Å². The van der Waals surface area contributed by atoms with Gasteiger partial charge in [-0.15, -0.1) is 0 Å². The van der Waals surface area contributed by atoms with E-state index in [1.54, 1.807) is 37.4 Å². The van der Waals surface area contributed by atoms with Crippen molar-refractivity contribution in [1.82, 2.24) is 20.0 Å². The van der Waals surface area contributed by atoms with E-state index in [1.807, 2.05) is 30.7 Å². The molecule has 4 rings (SSSR count). The Labute approximate surface area is 220 Å². The van der Waals surface area contributed by atoms with Crippen molar-refractivity contribution in [3.05, 3.63) is 113 Å². The number of hydrogen-bond donors (Lipinski definition) is 2. The number of carbonyl (C=O) groups is 1. The zero-order chi connectivity index (χ0) is 27.4. The summed E-state index contributed by atoms with van der Waals surface area (Å²) >= 11 is 0. The van der Waals surface area contributed by atoms with E-state index in [0.717, 1.165) is 35.0 Å². The molecular formula is C28H26F2N4O3S. The highest BCUT2D eigenvalue weighted by molar-refractivity contribution is 7.90. The number of pyridine rings is 2. The number of urea groups is 1. The van der Waals surface area contributed by atoms with Gasteiger partial charge >= 0.3 is 6.03 Å². The van der Waals surface area contributed by atoms with Crippen molar-refractivity contribution < 1.29 is 22.0 Å². The Balaban J connectivity index is 1.74. The van der Waals surface area contributed by atoms with Crippen molar-refractivity contribution in [1.29, 1.82) is 0 Å². The quantitative estimate of drug-likeness (QED) is 0.333. The van der Waals surface area contributed by atoms with E-state index in [1.165, 1.54) is 12.3 Å². The van der Waals surface area contributed by atoms with Crippen LogP contribution in [-0.4, -0.2) is 24.4 Å². The second-order valence-corrected chi connectivity index (χ2v) is 10.5. The number of nitrogens with zero attached hydrogens (tertiary/aromatic N) is 2. The molecule has 2 N–H and O–H groups in total. The first-order chi connectivity index (χ1) is 18.0. The van der Waals surface area contributed by atoms with Gasteiger partial charge in [-0.25, -0.2) is 26.7 Å². The van der Waals surface area contributed by atoms with Gasteiger partial charge in [0, 0.05) is 29.7 Å². The largest absolute Gasteiger partial charge is 0.329 e. The molecule has 7 nitrogen and oxygen atoms in total. The van der Waals surface area contributed by atoms with Gasteiger partial charge in [0.15, 0.2) is 0 Å². The van der Waals surface area contributed by atoms with Crippen molar-refractivity contribution in [3.63, 3.8) is 0 Å². The van der Waals surface area contributed by atoms with Crippen LogP contribution in [0.3, 0.4) is 0 Å². The van der Waals surface area contributed by atoms with Crippen molar-refractivity contribution >= 4 is 16.1 Å². The van der Waals surface area contributed by atoms with Crippen LogP contribution >= 0.6 is 0 Å². The van der Waals surface area contributed by atoms with Crippen molar-refractivity contribution in [2.45, 2.75) is 38.1 Å². The summed E-state index contributed by atoms with van der Waals surface area (Å²) in [5.41, 5.74) is 4.29. The average Bonchev–Trinajstić information content (AvgIpc) is 2.84. The molecule has 0 saturated heterocycles. The SMILES string of the molecule is Cc1ccccc1S(=O)(=O)NC(=O)N[C@@H](Cc1cc(F)cc(F)c1)c1ncccc1-c1ccnc(C)c1C. The first-order valence-corrected chi connectivity index (χ1v) is 13.2. The molecular weight excluding hydrogens is 510 g/mol. The summed E-state index contributed by atoms with van der Waals surface area (Å²) in [7, 11) is -4.19. The maximum Gasteiger partial charge on any atom is 0.329 e. The Bertz CT molecular complexity index is 1590. The predicted molar refractivity (Wildman–Crippen MR) is 140 cm³/mol. The number of nitrogens with one attached hydrogen (secondary N) is 2. The summed E-state index contributed by atoms with van der Waals surface area (Å²) in [5.74, 6) is -1.54. The molecule has 0 bridgehead atoms. The number of carbonyl (C=O) groups excluding carboxylic acids is 1. The molecule has 0 aliphatic heterocycles. The van der Waals surface area contributed by atoms with Crippen LogP contribution in [-0.2, 0) is 16.4 Å². The fourth-order valence-corrected chi connectivity index (χ4v) is 5.42. The zero-order valence-electron chi connectivity index (χ0n) is 21.0. The van der Waals surface area contributed by atoms with Gasteiger partial charge in [0.05, 0.1) is 16.6 Å². The van der Waals surface area contributed by atoms with Crippen LogP contribution in [0.15, 0.2) is 78.0 Å². The minimum absolute atomic E-state index is 0.0414. The Kier molecular flexibility index (Phi) is 7.82. The Hall–Kier alpha value is -4.18. The average molecular weight is 537 g/mol. The first kappa shape index (κ1) is 26.9. The molecule has 0 unspecified atom stereocenters. The third-order valence-corrected chi connectivity index (χ3v) is 7.68. The monoisotopic (exact) mass is 536 g/mol. The number of rotatable bonds is 7. The normalized spacial score (nSPS) is 12.1. The summed E-state index contributed by atoms with van der Waals surface area (Å²) < 4.78 is 55.8. The Morgan fingerprint density at radius 2 is 1.61 bits per heavy atom. The van der Waals surface area contributed by atoms with E-state index < -0.39 is 33.7 Å². The fourth-order valence-electron chi connectivity index (χ4n) is 4.26. The van der Waals surface area contributed by atoms with Gasteiger partial charge < -0.3 is 5.32 Å². The molecule has 0 spiro atoms. The maximum atomic E-state index is 14.0. The van der Waals surface area contributed by atoms with Crippen LogP contribution in [0.4, 0.5) is 13.6 Å². The predicted octanol–water partition coefficient (Wildman–Crippen LogP) is 5.32. The highest BCUT2D eigenvalue weighted by atomic mass is 32.2. The molecule has 2 heterocycles. The number of benzene rings is 2. The van der Waals surface area contributed by atoms with E-state index >= 15 is 0 Å². The molecule has 10 heteroatoms. The molecule has 38 heavy (non-hydrogen) atoms. The zero-order valence-corrected chi connectivity index (χ0v) is 21.8. The molecule has 2 aromatic carbocycles. The minimum Gasteiger partial charge on any atom is -0.329 e. The lowest BCUT2D eigenvalue weighted by molar-refractivity contribution is 0.242. The lowest BCUT2D eigenvalue weighted by Gasteiger charge is -2.22. The van der Waals surface area contributed by atoms with E-state index in [2.05, 4.69) is 15.3 Å². The van der Waals surface area contributed by atoms with Gasteiger partial charge in [0.2, 0.25) is 0 Å². The topological polar surface area (TPSA) is 101 Å². The van der Waals surface area contributed by atoms with E-state index in [-0.39, 0.29) is 16.9 Å². The van der Waals surface area contributed by atoms with Crippen molar-refractivity contribution in [2.75, 3.05) is 0 Å². The van der Waals surface area contributed by atoms with Gasteiger partial charge in [0.25, 0.3) is 10.0 Å². The van der Waals surface area contributed by atoms with Gasteiger partial charge in [-0.1, -0.05) is 24.3 Å². The third-order valence-electron chi connectivity index (χ3n) is 6.19. The van der Waals surface area contributed by atoms with Gasteiger partial charge in [-0.05, 0) is 79.8 Å². The van der Waals surface area contributed by atoms with Crippen LogP contribution in [0.5, 0.6) is 0 Å². The summed E-state index contributed by atoms with van der Waals surface area (Å²) in [6.45, 7) is 5.39. The number of sulfonamides is 1. The van der Waals surface area contributed by atoms with Crippen LogP contribution in [0, 0.1) is 32.4 Å². The fraction of sp³-hybridized carbons (Fsp3) is 0.179. The van der Waals surface area contributed by atoms with Crippen LogP contribution in [0.1, 0.15) is 34.1 Å².